The lowest BCUT2D eigenvalue weighted by Crippen LogP contribution is -2.48. The smallest absolute Gasteiger partial charge is 0.273 e. The van der Waals surface area contributed by atoms with E-state index in [1.54, 1.807) is 6.92 Å². The number of carbonyl (C=O) groups is 1. The van der Waals surface area contributed by atoms with Gasteiger partial charge in [-0.15, -0.1) is 0 Å². The zero-order valence-corrected chi connectivity index (χ0v) is 13.7. The van der Waals surface area contributed by atoms with Crippen LogP contribution in [0, 0.1) is 6.92 Å². The Labute approximate surface area is 137 Å². The molecule has 1 amide bonds. The minimum atomic E-state index is -0.383. The maximum Gasteiger partial charge on any atom is 0.273 e. The number of nitrogens with one attached hydrogen (secondary N) is 4. The molecule has 2 rings (SSSR count). The number of thiocarbonyl (C=S) groups is 1. The van der Waals surface area contributed by atoms with Gasteiger partial charge in [0.25, 0.3) is 11.5 Å². The molecule has 0 spiro atoms. The standard InChI is InChI=1S/C13H17N7O2S/c1-7(2)15-13(23)19-18-12(22)9-6-14-20(8(9)3)10-4-5-11(21)17-16-10/h4-7H,1-3H3,(H,17,21)(H,18,22)(H2,15,19,23). The van der Waals surface area contributed by atoms with E-state index in [1.165, 1.54) is 23.0 Å². The summed E-state index contributed by atoms with van der Waals surface area (Å²) in [6.45, 7) is 5.59. The van der Waals surface area contributed by atoms with Gasteiger partial charge >= 0.3 is 0 Å². The molecule has 4 N–H and O–H groups in total. The summed E-state index contributed by atoms with van der Waals surface area (Å²) in [6.07, 6.45) is 1.41. The molecule has 0 radical (unpaired) electrons. The van der Waals surface area contributed by atoms with E-state index in [2.05, 4.69) is 31.5 Å². The summed E-state index contributed by atoms with van der Waals surface area (Å²) in [5.74, 6) is 0.0252. The summed E-state index contributed by atoms with van der Waals surface area (Å²) in [5.41, 5.74) is 5.73. The van der Waals surface area contributed by atoms with Crippen molar-refractivity contribution < 1.29 is 4.79 Å². The highest BCUT2D eigenvalue weighted by atomic mass is 32.1. The second kappa shape index (κ2) is 7.01. The van der Waals surface area contributed by atoms with E-state index in [-0.39, 0.29) is 17.5 Å². The van der Waals surface area contributed by atoms with Crippen molar-refractivity contribution in [2.24, 2.45) is 0 Å². The molecular weight excluding hydrogens is 318 g/mol. The van der Waals surface area contributed by atoms with Crippen molar-refractivity contribution >= 4 is 23.2 Å². The number of carbonyl (C=O) groups excluding carboxylic acids is 1. The largest absolute Gasteiger partial charge is 0.359 e. The summed E-state index contributed by atoms with van der Waals surface area (Å²) in [6, 6.07) is 3.00. The minimum Gasteiger partial charge on any atom is -0.359 e. The number of nitrogens with zero attached hydrogens (tertiary/aromatic N) is 3. The van der Waals surface area contributed by atoms with Crippen molar-refractivity contribution in [2.45, 2.75) is 26.8 Å². The van der Waals surface area contributed by atoms with Gasteiger partial charge in [-0.1, -0.05) is 0 Å². The Bertz CT molecular complexity index is 760. The number of hydrazine groups is 1. The fourth-order valence-electron chi connectivity index (χ4n) is 1.80. The van der Waals surface area contributed by atoms with Gasteiger partial charge in [0, 0.05) is 12.1 Å². The van der Waals surface area contributed by atoms with E-state index >= 15 is 0 Å². The van der Waals surface area contributed by atoms with Crippen LogP contribution < -0.4 is 21.7 Å². The van der Waals surface area contributed by atoms with E-state index in [1.807, 2.05) is 13.8 Å². The molecule has 2 heterocycles. The lowest BCUT2D eigenvalue weighted by Gasteiger charge is -2.13. The summed E-state index contributed by atoms with van der Waals surface area (Å²) in [5, 5.41) is 13.6. The first kappa shape index (κ1) is 16.6. The monoisotopic (exact) mass is 335 g/mol. The van der Waals surface area contributed by atoms with Crippen LogP contribution in [0.5, 0.6) is 0 Å². The van der Waals surface area contributed by atoms with E-state index in [0.29, 0.717) is 22.2 Å². The zero-order chi connectivity index (χ0) is 17.0. The van der Waals surface area contributed by atoms with Crippen molar-refractivity contribution in [2.75, 3.05) is 0 Å². The van der Waals surface area contributed by atoms with E-state index in [9.17, 15) is 9.59 Å². The third-order valence-corrected chi connectivity index (χ3v) is 3.07. The quantitative estimate of drug-likeness (QED) is 0.452. The molecule has 0 bridgehead atoms. The van der Waals surface area contributed by atoms with E-state index < -0.39 is 0 Å². The average Bonchev–Trinajstić information content (AvgIpc) is 2.87. The number of H-pyrrole nitrogens is 1. The molecule has 0 saturated heterocycles. The minimum absolute atomic E-state index is 0.155. The van der Waals surface area contributed by atoms with Crippen molar-refractivity contribution in [3.8, 4) is 5.82 Å². The topological polar surface area (TPSA) is 117 Å². The van der Waals surface area contributed by atoms with Crippen LogP contribution in [0.2, 0.25) is 0 Å². The molecule has 0 unspecified atom stereocenters. The number of aromatic nitrogens is 4. The van der Waals surface area contributed by atoms with Gasteiger partial charge in [-0.05, 0) is 39.1 Å². The van der Waals surface area contributed by atoms with E-state index in [0.717, 1.165) is 0 Å². The molecule has 0 aromatic carbocycles. The maximum absolute atomic E-state index is 12.2. The third-order valence-electron chi connectivity index (χ3n) is 2.85. The third kappa shape index (κ3) is 4.13. The fourth-order valence-corrected chi connectivity index (χ4v) is 2.08. The number of amides is 1. The first-order chi connectivity index (χ1) is 10.9. The molecule has 0 atom stereocenters. The Balaban J connectivity index is 2.09. The van der Waals surface area contributed by atoms with Crippen LogP contribution in [0.15, 0.2) is 23.1 Å². The number of rotatable bonds is 3. The lowest BCUT2D eigenvalue weighted by molar-refractivity contribution is 0.0943. The van der Waals surface area contributed by atoms with Gasteiger partial charge in [-0.25, -0.2) is 9.78 Å². The molecule has 0 aliphatic rings. The number of hydrogen-bond donors (Lipinski definition) is 4. The van der Waals surface area contributed by atoms with Crippen LogP contribution in [0.1, 0.15) is 29.9 Å². The van der Waals surface area contributed by atoms with Gasteiger partial charge < -0.3 is 5.32 Å². The highest BCUT2D eigenvalue weighted by Crippen LogP contribution is 2.10. The molecule has 0 aliphatic carbocycles. The van der Waals surface area contributed by atoms with Crippen molar-refractivity contribution in [1.82, 2.24) is 36.1 Å². The van der Waals surface area contributed by atoms with Gasteiger partial charge in [0.2, 0.25) is 0 Å². The zero-order valence-electron chi connectivity index (χ0n) is 12.9. The second-order valence-electron chi connectivity index (χ2n) is 5.04. The predicted octanol–water partition coefficient (Wildman–Crippen LogP) is -0.219. The van der Waals surface area contributed by atoms with Crippen LogP contribution in [0.25, 0.3) is 5.82 Å². The molecule has 0 aliphatic heterocycles. The molecule has 23 heavy (non-hydrogen) atoms. The van der Waals surface area contributed by atoms with Gasteiger partial charge in [0.05, 0.1) is 17.5 Å². The summed E-state index contributed by atoms with van der Waals surface area (Å²) < 4.78 is 1.45. The molecule has 2 aromatic rings. The summed E-state index contributed by atoms with van der Waals surface area (Å²) >= 11 is 5.02. The molecule has 2 aromatic heterocycles. The number of hydrogen-bond acceptors (Lipinski definition) is 5. The van der Waals surface area contributed by atoms with Crippen LogP contribution >= 0.6 is 12.2 Å². The second-order valence-corrected chi connectivity index (χ2v) is 5.45. The lowest BCUT2D eigenvalue weighted by atomic mass is 10.2. The maximum atomic E-state index is 12.2. The number of aromatic amines is 1. The van der Waals surface area contributed by atoms with Gasteiger partial charge in [-0.3, -0.25) is 20.4 Å². The average molecular weight is 335 g/mol. The van der Waals surface area contributed by atoms with Crippen LogP contribution in [-0.2, 0) is 0 Å². The Morgan fingerprint density at radius 1 is 1.35 bits per heavy atom. The molecule has 122 valence electrons. The Morgan fingerprint density at radius 2 is 2.09 bits per heavy atom. The van der Waals surface area contributed by atoms with E-state index in [4.69, 9.17) is 12.2 Å². The first-order valence-corrected chi connectivity index (χ1v) is 7.27. The molecule has 9 nitrogen and oxygen atoms in total. The molecule has 10 heteroatoms. The van der Waals surface area contributed by atoms with Gasteiger partial charge in [0.15, 0.2) is 10.9 Å². The van der Waals surface area contributed by atoms with Crippen molar-refractivity contribution in [3.63, 3.8) is 0 Å². The van der Waals surface area contributed by atoms with Gasteiger partial charge in [-0.2, -0.15) is 10.2 Å². The fraction of sp³-hybridized carbons (Fsp3) is 0.308. The van der Waals surface area contributed by atoms with Crippen molar-refractivity contribution in [3.05, 3.63) is 39.9 Å². The predicted molar refractivity (Wildman–Crippen MR) is 88.2 cm³/mol. The highest BCUT2D eigenvalue weighted by molar-refractivity contribution is 7.80. The normalized spacial score (nSPS) is 10.4. The first-order valence-electron chi connectivity index (χ1n) is 6.86. The molecule has 0 fully saturated rings. The Morgan fingerprint density at radius 3 is 2.70 bits per heavy atom. The van der Waals surface area contributed by atoms with Crippen LogP contribution in [-0.4, -0.2) is 37.0 Å². The van der Waals surface area contributed by atoms with Gasteiger partial charge in [0.1, 0.15) is 0 Å². The Kier molecular flexibility index (Phi) is 5.06. The molecule has 0 saturated carbocycles. The van der Waals surface area contributed by atoms with Crippen LogP contribution in [0.4, 0.5) is 0 Å². The summed E-state index contributed by atoms with van der Waals surface area (Å²) in [4.78, 5) is 23.2. The van der Waals surface area contributed by atoms with Crippen LogP contribution in [0.3, 0.4) is 0 Å². The summed E-state index contributed by atoms with van der Waals surface area (Å²) in [7, 11) is 0. The van der Waals surface area contributed by atoms with Crippen molar-refractivity contribution in [1.29, 1.82) is 0 Å². The SMILES string of the molecule is Cc1c(C(=O)NNC(=S)NC(C)C)cnn1-c1ccc(=O)[nH]n1. The molecular formula is C13H17N7O2S. The Hall–Kier alpha value is -2.75. The highest BCUT2D eigenvalue weighted by Gasteiger charge is 2.16.